The van der Waals surface area contributed by atoms with Gasteiger partial charge in [-0.05, 0) is 23.6 Å². The van der Waals surface area contributed by atoms with Crippen molar-refractivity contribution < 1.29 is 31.4 Å². The quantitative estimate of drug-likeness (QED) is 0.200. The Morgan fingerprint density at radius 2 is 1.75 bits per heavy atom. The second-order valence-electron chi connectivity index (χ2n) is 5.72. The summed E-state index contributed by atoms with van der Waals surface area (Å²) < 4.78 is 12.9. The molecule has 0 aliphatic carbocycles. The van der Waals surface area contributed by atoms with E-state index in [4.69, 9.17) is 15.2 Å². The van der Waals surface area contributed by atoms with Crippen LogP contribution >= 0.6 is 0 Å². The molecule has 4 aromatic rings. The monoisotopic (exact) mass is 340 g/mol. The van der Waals surface area contributed by atoms with Crippen LogP contribution in [0.25, 0.3) is 27.1 Å². The van der Waals surface area contributed by atoms with Crippen LogP contribution in [0.4, 0.5) is 5.69 Å². The van der Waals surface area contributed by atoms with E-state index in [1.165, 1.54) is 0 Å². The molecule has 3 heterocycles. The second kappa shape index (κ2) is 5.04. The summed E-state index contributed by atoms with van der Waals surface area (Å²) in [6, 6.07) is 11.4. The van der Waals surface area contributed by atoms with E-state index >= 15 is 0 Å². The highest BCUT2D eigenvalue weighted by Crippen LogP contribution is 2.37. The molecule has 24 heavy (non-hydrogen) atoms. The summed E-state index contributed by atoms with van der Waals surface area (Å²) in [4.78, 5) is 0. The number of anilines is 1. The van der Waals surface area contributed by atoms with Crippen molar-refractivity contribution in [3.63, 3.8) is 0 Å². The lowest BCUT2D eigenvalue weighted by Crippen LogP contribution is -3.00. The smallest absolute Gasteiger partial charge is 0.231 e. The number of hydrogen-bond donors (Lipinski definition) is 2. The Morgan fingerprint density at radius 3 is 2.58 bits per heavy atom. The maximum Gasteiger partial charge on any atom is 0.231 e. The van der Waals surface area contributed by atoms with Gasteiger partial charge in [0.05, 0.1) is 10.8 Å². The van der Waals surface area contributed by atoms with Gasteiger partial charge in [0, 0.05) is 29.3 Å². The van der Waals surface area contributed by atoms with Gasteiger partial charge in [-0.2, -0.15) is 4.40 Å². The molecule has 6 heteroatoms. The van der Waals surface area contributed by atoms with Gasteiger partial charge in [-0.3, -0.25) is 0 Å². The molecule has 0 bridgehead atoms. The van der Waals surface area contributed by atoms with Crippen molar-refractivity contribution in [2.45, 2.75) is 0 Å². The van der Waals surface area contributed by atoms with Crippen LogP contribution in [0.15, 0.2) is 48.8 Å². The fourth-order valence-corrected chi connectivity index (χ4v) is 3.19. The van der Waals surface area contributed by atoms with Crippen LogP contribution in [0.2, 0.25) is 0 Å². The Kier molecular flexibility index (Phi) is 3.08. The van der Waals surface area contributed by atoms with Crippen LogP contribution in [0.3, 0.4) is 0 Å². The van der Waals surface area contributed by atoms with Gasteiger partial charge in [-0.1, -0.05) is 0 Å². The molecule has 0 saturated carbocycles. The Hall–Kier alpha value is -2.92. The van der Waals surface area contributed by atoms with Crippen LogP contribution < -0.4 is 32.0 Å². The van der Waals surface area contributed by atoms with Crippen molar-refractivity contribution in [3.05, 3.63) is 48.8 Å². The number of phenolic OH excluding ortho intramolecular Hbond substituents is 1. The average Bonchev–Trinajstić information content (AvgIpc) is 2.98. The zero-order chi connectivity index (χ0) is 15.6. The number of hydrogen-bond acceptors (Lipinski definition) is 4. The van der Waals surface area contributed by atoms with Crippen LogP contribution in [-0.2, 0) is 0 Å². The second-order valence-corrected chi connectivity index (χ2v) is 5.72. The predicted molar refractivity (Wildman–Crippen MR) is 86.8 cm³/mol. The first-order valence-electron chi connectivity index (χ1n) is 7.29. The van der Waals surface area contributed by atoms with E-state index in [0.29, 0.717) is 5.69 Å². The number of phenols is 1. The van der Waals surface area contributed by atoms with Crippen molar-refractivity contribution in [2.24, 2.45) is 0 Å². The average molecular weight is 341 g/mol. The van der Waals surface area contributed by atoms with E-state index in [2.05, 4.69) is 0 Å². The van der Waals surface area contributed by atoms with E-state index in [-0.39, 0.29) is 24.9 Å². The lowest BCUT2D eigenvalue weighted by Gasteiger charge is -2.05. The molecule has 120 valence electrons. The summed E-state index contributed by atoms with van der Waals surface area (Å²) in [5.74, 6) is 1.70. The lowest BCUT2D eigenvalue weighted by atomic mass is 10.1. The number of ether oxygens (including phenoxy) is 2. The molecule has 2 aromatic carbocycles. The van der Waals surface area contributed by atoms with Crippen molar-refractivity contribution >= 4 is 32.7 Å². The highest BCUT2D eigenvalue weighted by atomic mass is 35.5. The molecule has 0 saturated heterocycles. The molecule has 0 spiro atoms. The number of aromatic hydroxyl groups is 1. The van der Waals surface area contributed by atoms with E-state index in [9.17, 15) is 5.11 Å². The zero-order valence-electron chi connectivity index (χ0n) is 12.5. The largest absolute Gasteiger partial charge is 1.00 e. The first-order chi connectivity index (χ1) is 11.2. The topological polar surface area (TPSA) is 68.8 Å². The highest BCUT2D eigenvalue weighted by Gasteiger charge is 2.18. The predicted octanol–water partition coefficient (Wildman–Crippen LogP) is -0.248. The first kappa shape index (κ1) is 14.7. The Labute approximate surface area is 143 Å². The van der Waals surface area contributed by atoms with Crippen LogP contribution in [0.5, 0.6) is 17.2 Å². The number of nitrogen functional groups attached to an aromatic ring is 1. The SMILES string of the molecule is Nc1cc(O)c2c[n+]3ccc4cc5c(cc4c3cc2c1)OCO5.[Cl-]. The minimum absolute atomic E-state index is 0. The van der Waals surface area contributed by atoms with Crippen LogP contribution in [0, 0.1) is 0 Å². The number of nitrogens with zero attached hydrogens (tertiary/aromatic N) is 1. The summed E-state index contributed by atoms with van der Waals surface area (Å²) in [5.41, 5.74) is 7.40. The van der Waals surface area contributed by atoms with Crippen molar-refractivity contribution in [2.75, 3.05) is 12.5 Å². The molecule has 0 radical (unpaired) electrons. The van der Waals surface area contributed by atoms with E-state index in [0.717, 1.165) is 38.6 Å². The van der Waals surface area contributed by atoms with Gasteiger partial charge >= 0.3 is 0 Å². The standard InChI is InChI=1S/C18H12N2O3.ClH/c19-12-3-11-4-15-13-7-18-17(22-9-23-18)5-10(13)1-2-20(15)8-14(11)16(21)6-12;/h1-8H,9H2,(H2,19,21);1H. The van der Waals surface area contributed by atoms with Crippen LogP contribution in [0.1, 0.15) is 0 Å². The molecule has 2 aromatic heterocycles. The first-order valence-corrected chi connectivity index (χ1v) is 7.29. The third-order valence-corrected chi connectivity index (χ3v) is 4.29. The van der Waals surface area contributed by atoms with Gasteiger partial charge in [0.15, 0.2) is 23.9 Å². The normalized spacial score (nSPS) is 12.7. The number of aromatic nitrogens is 1. The lowest BCUT2D eigenvalue weighted by molar-refractivity contribution is -0.509. The van der Waals surface area contributed by atoms with Gasteiger partial charge in [0.1, 0.15) is 5.75 Å². The molecular weight excluding hydrogens is 328 g/mol. The van der Waals surface area contributed by atoms with Gasteiger partial charge in [0.25, 0.3) is 0 Å². The Morgan fingerprint density at radius 1 is 0.958 bits per heavy atom. The van der Waals surface area contributed by atoms with E-state index in [1.54, 1.807) is 6.07 Å². The molecule has 3 N–H and O–H groups in total. The minimum Gasteiger partial charge on any atom is -1.00 e. The van der Waals surface area contributed by atoms with Crippen molar-refractivity contribution in [1.29, 1.82) is 0 Å². The molecule has 5 rings (SSSR count). The number of benzene rings is 2. The maximum atomic E-state index is 10.1. The van der Waals surface area contributed by atoms with Gasteiger partial charge in [-0.25, -0.2) is 0 Å². The highest BCUT2D eigenvalue weighted by molar-refractivity contribution is 6.00. The van der Waals surface area contributed by atoms with Gasteiger partial charge < -0.3 is 32.7 Å². The third-order valence-electron chi connectivity index (χ3n) is 4.29. The number of fused-ring (bicyclic) bond motifs is 5. The fourth-order valence-electron chi connectivity index (χ4n) is 3.19. The summed E-state index contributed by atoms with van der Waals surface area (Å²) in [6.45, 7) is 0.254. The van der Waals surface area contributed by atoms with Crippen molar-refractivity contribution in [3.8, 4) is 17.2 Å². The number of nitrogens with two attached hydrogens (primary N) is 1. The van der Waals surface area contributed by atoms with E-state index < -0.39 is 0 Å². The summed E-state index contributed by atoms with van der Waals surface area (Å²) in [7, 11) is 0. The number of rotatable bonds is 0. The fraction of sp³-hybridized carbons (Fsp3) is 0.0556. The van der Waals surface area contributed by atoms with Crippen molar-refractivity contribution in [1.82, 2.24) is 0 Å². The Balaban J connectivity index is 0.00000146. The minimum atomic E-state index is 0. The molecule has 0 unspecified atom stereocenters. The summed E-state index contributed by atoms with van der Waals surface area (Å²) in [5, 5.41) is 13.9. The van der Waals surface area contributed by atoms with E-state index in [1.807, 2.05) is 47.1 Å². The molecule has 0 fully saturated rings. The molecule has 5 nitrogen and oxygen atoms in total. The third kappa shape index (κ3) is 1.98. The molecule has 1 aliphatic heterocycles. The zero-order valence-corrected chi connectivity index (χ0v) is 13.2. The molecule has 0 amide bonds. The number of pyridine rings is 2. The maximum absolute atomic E-state index is 10.1. The number of halogens is 1. The Bertz CT molecular complexity index is 1130. The summed E-state index contributed by atoms with van der Waals surface area (Å²) >= 11 is 0. The van der Waals surface area contributed by atoms with Gasteiger partial charge in [-0.15, -0.1) is 0 Å². The molecule has 0 atom stereocenters. The summed E-state index contributed by atoms with van der Waals surface area (Å²) in [6.07, 6.45) is 3.87. The molecular formula is C18H13ClN2O3. The molecule has 1 aliphatic rings. The van der Waals surface area contributed by atoms with Crippen LogP contribution in [-0.4, -0.2) is 11.9 Å². The van der Waals surface area contributed by atoms with Gasteiger partial charge in [0.2, 0.25) is 12.3 Å².